The normalized spacial score (nSPS) is 19.1. The quantitative estimate of drug-likeness (QED) is 0.722. The van der Waals surface area contributed by atoms with E-state index in [0.29, 0.717) is 50.9 Å². The summed E-state index contributed by atoms with van der Waals surface area (Å²) in [6, 6.07) is 9.67. The van der Waals surface area contributed by atoms with Crippen molar-refractivity contribution in [2.75, 3.05) is 24.5 Å². The van der Waals surface area contributed by atoms with Crippen molar-refractivity contribution >= 4 is 17.9 Å². The largest absolute Gasteiger partial charge is 0.338 e. The molecule has 8 nitrogen and oxygen atoms in total. The molecule has 154 valence electrons. The number of rotatable bonds is 5. The van der Waals surface area contributed by atoms with Crippen molar-refractivity contribution in [1.29, 1.82) is 0 Å². The minimum Gasteiger partial charge on any atom is -0.338 e. The standard InChI is InChI=1S/C21H27N5O3/c1-15(2)13-25-18(27)21(26(20(25)28)14-17-7-5-4-6-8-17)9-11-24(12-10-21)19-22-16(3)29-23-19/h4-8,15H,9-14H2,1-3H3. The van der Waals surface area contributed by atoms with E-state index in [9.17, 15) is 9.59 Å². The fraction of sp³-hybridized carbons (Fsp3) is 0.524. The Kier molecular flexibility index (Phi) is 5.02. The third kappa shape index (κ3) is 3.47. The second-order valence-electron chi connectivity index (χ2n) is 8.30. The molecule has 29 heavy (non-hydrogen) atoms. The minimum atomic E-state index is -0.808. The molecule has 0 bridgehead atoms. The Labute approximate surface area is 170 Å². The summed E-state index contributed by atoms with van der Waals surface area (Å²) >= 11 is 0. The molecule has 1 aromatic heterocycles. The summed E-state index contributed by atoms with van der Waals surface area (Å²) in [4.78, 5) is 36.3. The zero-order valence-electron chi connectivity index (χ0n) is 17.2. The Hall–Kier alpha value is -2.90. The molecule has 2 fully saturated rings. The number of aromatic nitrogens is 2. The Bertz CT molecular complexity index is 887. The van der Waals surface area contributed by atoms with E-state index in [1.165, 1.54) is 4.90 Å². The van der Waals surface area contributed by atoms with Crippen molar-refractivity contribution < 1.29 is 14.1 Å². The van der Waals surface area contributed by atoms with Gasteiger partial charge in [-0.3, -0.25) is 9.69 Å². The van der Waals surface area contributed by atoms with E-state index in [2.05, 4.69) is 10.1 Å². The van der Waals surface area contributed by atoms with E-state index in [1.807, 2.05) is 49.1 Å². The number of anilines is 1. The minimum absolute atomic E-state index is 0.0731. The van der Waals surface area contributed by atoms with Crippen LogP contribution in [-0.2, 0) is 11.3 Å². The lowest BCUT2D eigenvalue weighted by Crippen LogP contribution is -2.56. The van der Waals surface area contributed by atoms with Crippen LogP contribution in [0.3, 0.4) is 0 Å². The lowest BCUT2D eigenvalue weighted by Gasteiger charge is -2.41. The van der Waals surface area contributed by atoms with Gasteiger partial charge in [0.1, 0.15) is 5.54 Å². The first kappa shape index (κ1) is 19.4. The summed E-state index contributed by atoms with van der Waals surface area (Å²) < 4.78 is 5.09. The topological polar surface area (TPSA) is 82.8 Å². The number of benzene rings is 1. The molecular formula is C21H27N5O3. The highest BCUT2D eigenvalue weighted by molar-refractivity contribution is 6.07. The third-order valence-electron chi connectivity index (χ3n) is 5.74. The summed E-state index contributed by atoms with van der Waals surface area (Å²) in [5.74, 6) is 1.21. The van der Waals surface area contributed by atoms with Gasteiger partial charge in [-0.25, -0.2) is 4.79 Å². The number of imide groups is 1. The summed E-state index contributed by atoms with van der Waals surface area (Å²) in [7, 11) is 0. The van der Waals surface area contributed by atoms with Crippen molar-refractivity contribution in [3.8, 4) is 0 Å². The molecule has 1 spiro atoms. The summed E-state index contributed by atoms with van der Waals surface area (Å²) in [6.45, 7) is 7.87. The molecule has 8 heteroatoms. The third-order valence-corrected chi connectivity index (χ3v) is 5.74. The molecule has 0 N–H and O–H groups in total. The second kappa shape index (κ2) is 7.50. The SMILES string of the molecule is Cc1nc(N2CCC3(CC2)C(=O)N(CC(C)C)C(=O)N3Cc2ccccc2)no1. The number of hydrogen-bond donors (Lipinski definition) is 0. The van der Waals surface area contributed by atoms with E-state index in [1.54, 1.807) is 11.8 Å². The molecule has 0 saturated carbocycles. The molecule has 2 aromatic rings. The van der Waals surface area contributed by atoms with Crippen LogP contribution in [0.15, 0.2) is 34.9 Å². The molecule has 0 aliphatic carbocycles. The van der Waals surface area contributed by atoms with Gasteiger partial charge in [-0.05, 0) is 29.5 Å². The predicted molar refractivity (Wildman–Crippen MR) is 107 cm³/mol. The molecule has 0 unspecified atom stereocenters. The number of hydrogen-bond acceptors (Lipinski definition) is 6. The second-order valence-corrected chi connectivity index (χ2v) is 8.30. The monoisotopic (exact) mass is 397 g/mol. The van der Waals surface area contributed by atoms with Crippen LogP contribution in [0.4, 0.5) is 10.7 Å². The molecule has 0 atom stereocenters. The first-order chi connectivity index (χ1) is 13.9. The maximum absolute atomic E-state index is 13.5. The van der Waals surface area contributed by atoms with Crippen molar-refractivity contribution in [3.63, 3.8) is 0 Å². The maximum Gasteiger partial charge on any atom is 0.327 e. The van der Waals surface area contributed by atoms with Crippen LogP contribution in [0.25, 0.3) is 0 Å². The summed E-state index contributed by atoms with van der Waals surface area (Å²) in [6.07, 6.45) is 1.10. The Balaban J connectivity index is 1.61. The number of carbonyl (C=O) groups is 2. The zero-order valence-corrected chi connectivity index (χ0v) is 17.2. The fourth-order valence-corrected chi connectivity index (χ4v) is 4.27. The highest BCUT2D eigenvalue weighted by Crippen LogP contribution is 2.39. The van der Waals surface area contributed by atoms with Crippen molar-refractivity contribution in [2.24, 2.45) is 5.92 Å². The lowest BCUT2D eigenvalue weighted by molar-refractivity contribution is -0.134. The van der Waals surface area contributed by atoms with E-state index < -0.39 is 5.54 Å². The van der Waals surface area contributed by atoms with E-state index in [-0.39, 0.29) is 17.9 Å². The van der Waals surface area contributed by atoms with E-state index >= 15 is 0 Å². The molecule has 0 radical (unpaired) electrons. The Morgan fingerprint density at radius 3 is 2.41 bits per heavy atom. The van der Waals surface area contributed by atoms with Gasteiger partial charge in [0.25, 0.3) is 11.9 Å². The predicted octanol–water partition coefficient (Wildman–Crippen LogP) is 2.84. The van der Waals surface area contributed by atoms with Gasteiger partial charge >= 0.3 is 6.03 Å². The Morgan fingerprint density at radius 1 is 1.14 bits per heavy atom. The number of nitrogens with zero attached hydrogens (tertiary/aromatic N) is 5. The molecule has 3 heterocycles. The molecule has 3 amide bonds. The molecular weight excluding hydrogens is 370 g/mol. The van der Waals surface area contributed by atoms with Crippen LogP contribution in [0.2, 0.25) is 0 Å². The van der Waals surface area contributed by atoms with E-state index in [0.717, 1.165) is 5.56 Å². The van der Waals surface area contributed by atoms with Crippen LogP contribution in [0, 0.1) is 12.8 Å². The van der Waals surface area contributed by atoms with Crippen LogP contribution in [0.5, 0.6) is 0 Å². The number of aryl methyl sites for hydroxylation is 1. The Morgan fingerprint density at radius 2 is 1.83 bits per heavy atom. The van der Waals surface area contributed by atoms with Gasteiger partial charge in [0.05, 0.1) is 0 Å². The molecule has 2 aliphatic heterocycles. The highest BCUT2D eigenvalue weighted by atomic mass is 16.5. The first-order valence-corrected chi connectivity index (χ1v) is 10.1. The number of carbonyl (C=O) groups excluding carboxylic acids is 2. The average Bonchev–Trinajstić information content (AvgIpc) is 3.22. The molecule has 4 rings (SSSR count). The molecule has 2 aliphatic rings. The fourth-order valence-electron chi connectivity index (χ4n) is 4.27. The van der Waals surface area contributed by atoms with E-state index in [4.69, 9.17) is 4.52 Å². The van der Waals surface area contributed by atoms with Crippen LogP contribution in [-0.4, -0.2) is 57.1 Å². The summed E-state index contributed by atoms with van der Waals surface area (Å²) in [5.41, 5.74) is 0.215. The average molecular weight is 397 g/mol. The van der Waals surface area contributed by atoms with Crippen molar-refractivity contribution in [3.05, 3.63) is 41.8 Å². The lowest BCUT2D eigenvalue weighted by atomic mass is 9.85. The van der Waals surface area contributed by atoms with Crippen LogP contribution >= 0.6 is 0 Å². The van der Waals surface area contributed by atoms with Gasteiger partial charge in [-0.15, -0.1) is 0 Å². The van der Waals surface area contributed by atoms with Gasteiger partial charge in [-0.2, -0.15) is 4.98 Å². The highest BCUT2D eigenvalue weighted by Gasteiger charge is 2.58. The van der Waals surface area contributed by atoms with Gasteiger partial charge in [0, 0.05) is 33.1 Å². The van der Waals surface area contributed by atoms with Gasteiger partial charge in [-0.1, -0.05) is 44.2 Å². The zero-order chi connectivity index (χ0) is 20.6. The van der Waals surface area contributed by atoms with Crippen molar-refractivity contribution in [1.82, 2.24) is 19.9 Å². The van der Waals surface area contributed by atoms with Crippen molar-refractivity contribution in [2.45, 2.75) is 45.7 Å². The molecule has 2 saturated heterocycles. The van der Waals surface area contributed by atoms with Gasteiger partial charge in [0.2, 0.25) is 5.89 Å². The maximum atomic E-state index is 13.5. The first-order valence-electron chi connectivity index (χ1n) is 10.1. The summed E-state index contributed by atoms with van der Waals surface area (Å²) in [5, 5.41) is 3.99. The number of urea groups is 1. The van der Waals surface area contributed by atoms with Crippen LogP contribution in [0.1, 0.15) is 38.1 Å². The number of amides is 3. The van der Waals surface area contributed by atoms with Gasteiger partial charge < -0.3 is 14.3 Å². The van der Waals surface area contributed by atoms with Crippen LogP contribution < -0.4 is 4.90 Å². The number of piperidine rings is 1. The smallest absolute Gasteiger partial charge is 0.327 e. The van der Waals surface area contributed by atoms with Gasteiger partial charge in [0.15, 0.2) is 0 Å². The molecule has 1 aromatic carbocycles.